The van der Waals surface area contributed by atoms with Gasteiger partial charge in [0, 0.05) is 25.3 Å². The molecule has 1 atom stereocenters. The van der Waals surface area contributed by atoms with Crippen molar-refractivity contribution in [1.82, 2.24) is 9.97 Å². The first-order chi connectivity index (χ1) is 11.1. The minimum absolute atomic E-state index is 0.290. The second-order valence-electron chi connectivity index (χ2n) is 6.75. The van der Waals surface area contributed by atoms with Crippen LogP contribution in [0.3, 0.4) is 0 Å². The van der Waals surface area contributed by atoms with E-state index in [1.165, 1.54) is 12.8 Å². The van der Waals surface area contributed by atoms with E-state index in [-0.39, 0.29) is 5.41 Å². The Kier molecular flexibility index (Phi) is 4.53. The Morgan fingerprint density at radius 3 is 2.78 bits per heavy atom. The van der Waals surface area contributed by atoms with Gasteiger partial charge in [-0.25, -0.2) is 14.8 Å². The van der Waals surface area contributed by atoms with Crippen molar-refractivity contribution in [2.45, 2.75) is 52.0 Å². The minimum Gasteiger partial charge on any atom is -0.461 e. The number of anilines is 1. The van der Waals surface area contributed by atoms with E-state index in [1.54, 1.807) is 13.1 Å². The zero-order valence-electron chi connectivity index (χ0n) is 14.0. The number of ether oxygens (including phenoxy) is 1. The van der Waals surface area contributed by atoms with Crippen LogP contribution in [0.2, 0.25) is 0 Å². The lowest BCUT2D eigenvalue weighted by Gasteiger charge is -2.42. The van der Waals surface area contributed by atoms with Gasteiger partial charge in [-0.1, -0.05) is 6.42 Å². The van der Waals surface area contributed by atoms with Crippen molar-refractivity contribution in [1.29, 1.82) is 0 Å². The monoisotopic (exact) mass is 318 g/mol. The molecule has 1 spiro atoms. The number of aromatic nitrogens is 2. The normalized spacial score (nSPS) is 23.3. The van der Waals surface area contributed by atoms with E-state index in [4.69, 9.17) is 10.5 Å². The summed E-state index contributed by atoms with van der Waals surface area (Å²) < 4.78 is 5.12. The maximum atomic E-state index is 12.1. The van der Waals surface area contributed by atoms with Gasteiger partial charge in [0.15, 0.2) is 11.5 Å². The molecule has 1 aliphatic heterocycles. The largest absolute Gasteiger partial charge is 0.461 e. The molecular formula is C17H26N4O2. The summed E-state index contributed by atoms with van der Waals surface area (Å²) in [6.45, 7) is 5.78. The average molecular weight is 318 g/mol. The molecule has 1 saturated heterocycles. The van der Waals surface area contributed by atoms with E-state index in [0.717, 1.165) is 38.0 Å². The first kappa shape index (κ1) is 16.2. The van der Waals surface area contributed by atoms with E-state index in [0.29, 0.717) is 24.2 Å². The van der Waals surface area contributed by atoms with Crippen molar-refractivity contribution >= 4 is 11.8 Å². The van der Waals surface area contributed by atoms with Gasteiger partial charge in [-0.3, -0.25) is 0 Å². The van der Waals surface area contributed by atoms with Crippen LogP contribution in [0.4, 0.5) is 5.82 Å². The highest BCUT2D eigenvalue weighted by Gasteiger charge is 2.43. The van der Waals surface area contributed by atoms with E-state index in [9.17, 15) is 4.79 Å². The molecule has 0 amide bonds. The lowest BCUT2D eigenvalue weighted by molar-refractivity contribution is 0.0519. The van der Waals surface area contributed by atoms with Crippen molar-refractivity contribution < 1.29 is 9.53 Å². The van der Waals surface area contributed by atoms with E-state index in [2.05, 4.69) is 14.9 Å². The van der Waals surface area contributed by atoms with Crippen LogP contribution in [0.25, 0.3) is 0 Å². The number of esters is 1. The summed E-state index contributed by atoms with van der Waals surface area (Å²) in [4.78, 5) is 23.2. The first-order valence-corrected chi connectivity index (χ1v) is 8.57. The zero-order valence-corrected chi connectivity index (χ0v) is 14.0. The molecule has 2 N–H and O–H groups in total. The summed E-state index contributed by atoms with van der Waals surface area (Å²) >= 11 is 0. The van der Waals surface area contributed by atoms with Gasteiger partial charge in [0.05, 0.1) is 12.3 Å². The summed E-state index contributed by atoms with van der Waals surface area (Å²) in [6, 6.07) is 0.317. The number of nitrogens with zero attached hydrogens (tertiary/aromatic N) is 3. The Labute approximate surface area is 137 Å². The number of piperidine rings is 1. The fourth-order valence-corrected chi connectivity index (χ4v) is 3.98. The van der Waals surface area contributed by atoms with Crippen molar-refractivity contribution in [2.75, 3.05) is 24.6 Å². The van der Waals surface area contributed by atoms with Crippen molar-refractivity contribution in [3.8, 4) is 0 Å². The Morgan fingerprint density at radius 1 is 1.43 bits per heavy atom. The quantitative estimate of drug-likeness (QED) is 0.859. The Hall–Kier alpha value is -1.69. The van der Waals surface area contributed by atoms with Gasteiger partial charge in [0.2, 0.25) is 0 Å². The number of carbonyl (C=O) groups excluding carboxylic acids is 1. The van der Waals surface area contributed by atoms with Gasteiger partial charge in [-0.05, 0) is 44.9 Å². The molecule has 2 heterocycles. The van der Waals surface area contributed by atoms with E-state index < -0.39 is 5.97 Å². The van der Waals surface area contributed by atoms with Gasteiger partial charge in [-0.2, -0.15) is 0 Å². The number of rotatable bonds is 3. The lowest BCUT2D eigenvalue weighted by Crippen LogP contribution is -2.47. The van der Waals surface area contributed by atoms with Crippen LogP contribution in [0.5, 0.6) is 0 Å². The van der Waals surface area contributed by atoms with E-state index in [1.807, 2.05) is 6.92 Å². The van der Waals surface area contributed by atoms with Gasteiger partial charge in [0.1, 0.15) is 0 Å². The fraction of sp³-hybridized carbons (Fsp3) is 0.706. The second kappa shape index (κ2) is 6.43. The smallest absolute Gasteiger partial charge is 0.360 e. The molecule has 126 valence electrons. The molecule has 0 bridgehead atoms. The van der Waals surface area contributed by atoms with Crippen LogP contribution >= 0.6 is 0 Å². The predicted octanol–water partition coefficient (Wildman–Crippen LogP) is 2.06. The number of hydrogen-bond acceptors (Lipinski definition) is 6. The highest BCUT2D eigenvalue weighted by Crippen LogP contribution is 2.46. The van der Waals surface area contributed by atoms with Crippen molar-refractivity contribution in [3.63, 3.8) is 0 Å². The maximum absolute atomic E-state index is 12.1. The third-order valence-electron chi connectivity index (χ3n) is 5.38. The highest BCUT2D eigenvalue weighted by molar-refractivity contribution is 5.92. The summed E-state index contributed by atoms with van der Waals surface area (Å²) in [5.74, 6) is 0.262. The third kappa shape index (κ3) is 3.04. The molecule has 0 unspecified atom stereocenters. The molecule has 1 aromatic heterocycles. The topological polar surface area (TPSA) is 81.3 Å². The molecule has 2 aliphatic rings. The molecule has 1 aromatic rings. The summed E-state index contributed by atoms with van der Waals surface area (Å²) in [5, 5.41) is 0. The van der Waals surface area contributed by atoms with Gasteiger partial charge >= 0.3 is 5.97 Å². The first-order valence-electron chi connectivity index (χ1n) is 8.57. The summed E-state index contributed by atoms with van der Waals surface area (Å²) in [5.41, 5.74) is 7.77. The third-order valence-corrected chi connectivity index (χ3v) is 5.38. The summed E-state index contributed by atoms with van der Waals surface area (Å²) in [7, 11) is 0. The molecule has 1 saturated carbocycles. The predicted molar refractivity (Wildman–Crippen MR) is 88.4 cm³/mol. The average Bonchev–Trinajstić information content (AvgIpc) is 2.89. The van der Waals surface area contributed by atoms with Crippen LogP contribution in [0.1, 0.15) is 55.2 Å². The number of hydrogen-bond donors (Lipinski definition) is 1. The Morgan fingerprint density at radius 2 is 2.17 bits per heavy atom. The molecule has 0 radical (unpaired) electrons. The second-order valence-corrected chi connectivity index (χ2v) is 6.75. The molecule has 0 aromatic carbocycles. The molecule has 6 heteroatoms. The van der Waals surface area contributed by atoms with Crippen LogP contribution in [-0.4, -0.2) is 41.7 Å². The fourth-order valence-electron chi connectivity index (χ4n) is 3.98. The number of nitrogens with two attached hydrogens (primary N) is 1. The highest BCUT2D eigenvalue weighted by atomic mass is 16.5. The summed E-state index contributed by atoms with van der Waals surface area (Å²) in [6.07, 6.45) is 7.34. The van der Waals surface area contributed by atoms with Crippen LogP contribution in [-0.2, 0) is 4.74 Å². The van der Waals surface area contributed by atoms with Gasteiger partial charge < -0.3 is 15.4 Å². The standard InChI is InChI=1S/C17H26N4O2/c1-3-23-16(22)14-15(20-12(2)11-19-14)21-9-7-17(8-10-21)6-4-5-13(17)18/h11,13H,3-10,18H2,1-2H3/t13-/m1/s1. The molecule has 1 aliphatic carbocycles. The van der Waals surface area contributed by atoms with Crippen molar-refractivity contribution in [2.24, 2.45) is 11.1 Å². The number of aryl methyl sites for hydroxylation is 1. The molecule has 23 heavy (non-hydrogen) atoms. The molecule has 6 nitrogen and oxygen atoms in total. The van der Waals surface area contributed by atoms with Gasteiger partial charge in [0.25, 0.3) is 0 Å². The molecule has 2 fully saturated rings. The molecule has 3 rings (SSSR count). The number of carbonyl (C=O) groups is 1. The molecular weight excluding hydrogens is 292 g/mol. The SMILES string of the molecule is CCOC(=O)c1ncc(C)nc1N1CCC2(CCC[C@H]2N)CC1. The van der Waals surface area contributed by atoms with Crippen molar-refractivity contribution in [3.05, 3.63) is 17.6 Å². The lowest BCUT2D eigenvalue weighted by atomic mass is 9.74. The minimum atomic E-state index is -0.396. The van der Waals surface area contributed by atoms with Crippen LogP contribution in [0.15, 0.2) is 6.20 Å². The Bertz CT molecular complexity index is 582. The Balaban J connectivity index is 1.80. The maximum Gasteiger partial charge on any atom is 0.360 e. The van der Waals surface area contributed by atoms with E-state index >= 15 is 0 Å². The van der Waals surface area contributed by atoms with Crippen LogP contribution in [0, 0.1) is 12.3 Å². The van der Waals surface area contributed by atoms with Crippen LogP contribution < -0.4 is 10.6 Å². The van der Waals surface area contributed by atoms with Gasteiger partial charge in [-0.15, -0.1) is 0 Å². The zero-order chi connectivity index (χ0) is 16.4.